The van der Waals surface area contributed by atoms with E-state index in [0.29, 0.717) is 11.0 Å². The monoisotopic (exact) mass is 389 g/mol. The summed E-state index contributed by atoms with van der Waals surface area (Å²) >= 11 is 0. The van der Waals surface area contributed by atoms with E-state index in [1.807, 2.05) is 42.0 Å². The van der Waals surface area contributed by atoms with Gasteiger partial charge in [-0.1, -0.05) is 24.3 Å². The van der Waals surface area contributed by atoms with Gasteiger partial charge in [0.2, 0.25) is 5.43 Å². The number of ether oxygens (including phenoxy) is 1. The smallest absolute Gasteiger partial charge is 0.271 e. The van der Waals surface area contributed by atoms with E-state index in [0.717, 1.165) is 42.7 Å². The van der Waals surface area contributed by atoms with Crippen molar-refractivity contribution < 1.29 is 4.74 Å². The molecular formula is C23H23N3O3. The van der Waals surface area contributed by atoms with E-state index < -0.39 is 0 Å². The molecule has 0 unspecified atom stereocenters. The zero-order valence-corrected chi connectivity index (χ0v) is 16.6. The summed E-state index contributed by atoms with van der Waals surface area (Å²) in [6.07, 6.45) is 9.50. The van der Waals surface area contributed by atoms with Gasteiger partial charge in [-0.05, 0) is 43.9 Å². The molecule has 1 saturated carbocycles. The SMILES string of the molecule is COC1CC(c2nc3c(c(=O)c4ccccc4n3C)c(=O)n2C2=CC=CCC2)C1. The van der Waals surface area contributed by atoms with Gasteiger partial charge in [0.1, 0.15) is 11.2 Å². The number of pyridine rings is 1. The van der Waals surface area contributed by atoms with Gasteiger partial charge in [0.25, 0.3) is 5.56 Å². The number of allylic oxidation sites excluding steroid dienone is 4. The van der Waals surface area contributed by atoms with Gasteiger partial charge >= 0.3 is 0 Å². The quantitative estimate of drug-likeness (QED) is 0.645. The molecule has 6 nitrogen and oxygen atoms in total. The van der Waals surface area contributed by atoms with Crippen molar-refractivity contribution >= 4 is 27.6 Å². The first-order valence-corrected chi connectivity index (χ1v) is 10.0. The third kappa shape index (κ3) is 2.70. The highest BCUT2D eigenvalue weighted by atomic mass is 16.5. The molecule has 0 spiro atoms. The molecule has 148 valence electrons. The van der Waals surface area contributed by atoms with E-state index in [-0.39, 0.29) is 28.4 Å². The van der Waals surface area contributed by atoms with Gasteiger partial charge in [0.05, 0.1) is 11.6 Å². The maximum atomic E-state index is 13.7. The molecule has 6 heteroatoms. The van der Waals surface area contributed by atoms with Gasteiger partial charge in [0.15, 0.2) is 5.65 Å². The topological polar surface area (TPSA) is 66.1 Å². The fourth-order valence-electron chi connectivity index (χ4n) is 4.47. The summed E-state index contributed by atoms with van der Waals surface area (Å²) < 4.78 is 9.00. The molecular weight excluding hydrogens is 366 g/mol. The highest BCUT2D eigenvalue weighted by Gasteiger charge is 2.35. The van der Waals surface area contributed by atoms with Crippen LogP contribution in [0.2, 0.25) is 0 Å². The Morgan fingerprint density at radius 1 is 1.17 bits per heavy atom. The summed E-state index contributed by atoms with van der Waals surface area (Å²) in [4.78, 5) is 31.8. The van der Waals surface area contributed by atoms with Crippen LogP contribution >= 0.6 is 0 Å². The van der Waals surface area contributed by atoms with Crippen LogP contribution in [0.25, 0.3) is 27.6 Å². The normalized spacial score (nSPS) is 21.4. The average molecular weight is 389 g/mol. The molecule has 1 aromatic carbocycles. The Morgan fingerprint density at radius 3 is 2.69 bits per heavy atom. The number of para-hydroxylation sites is 1. The molecule has 2 aromatic heterocycles. The third-order valence-electron chi connectivity index (χ3n) is 6.22. The van der Waals surface area contributed by atoms with E-state index in [9.17, 15) is 9.59 Å². The summed E-state index contributed by atoms with van der Waals surface area (Å²) in [5.41, 5.74) is 1.63. The third-order valence-corrected chi connectivity index (χ3v) is 6.22. The van der Waals surface area contributed by atoms with Crippen molar-refractivity contribution in [2.75, 3.05) is 7.11 Å². The summed E-state index contributed by atoms with van der Waals surface area (Å²) in [6.45, 7) is 0. The van der Waals surface area contributed by atoms with Crippen LogP contribution < -0.4 is 11.0 Å². The molecule has 2 heterocycles. The van der Waals surface area contributed by atoms with E-state index in [1.54, 1.807) is 17.7 Å². The molecule has 0 bridgehead atoms. The van der Waals surface area contributed by atoms with E-state index in [2.05, 4.69) is 6.08 Å². The minimum atomic E-state index is -0.265. The van der Waals surface area contributed by atoms with Crippen LogP contribution in [0.15, 0.2) is 52.1 Å². The molecule has 2 aliphatic carbocycles. The van der Waals surface area contributed by atoms with Crippen molar-refractivity contribution in [3.8, 4) is 0 Å². The second kappa shape index (κ2) is 6.81. The molecule has 0 aliphatic heterocycles. The number of fused-ring (bicyclic) bond motifs is 2. The lowest BCUT2D eigenvalue weighted by atomic mass is 9.81. The van der Waals surface area contributed by atoms with Crippen LogP contribution in [0, 0.1) is 0 Å². The predicted molar refractivity (Wildman–Crippen MR) is 114 cm³/mol. The second-order valence-electron chi connectivity index (χ2n) is 7.87. The molecule has 0 N–H and O–H groups in total. The Balaban J connectivity index is 1.87. The Kier molecular flexibility index (Phi) is 4.24. The fourth-order valence-corrected chi connectivity index (χ4v) is 4.47. The van der Waals surface area contributed by atoms with Gasteiger partial charge in [-0.2, -0.15) is 0 Å². The highest BCUT2D eigenvalue weighted by Crippen LogP contribution is 2.38. The summed E-state index contributed by atoms with van der Waals surface area (Å²) in [5.74, 6) is 0.882. The maximum Gasteiger partial charge on any atom is 0.271 e. The molecule has 5 rings (SSSR count). The van der Waals surface area contributed by atoms with Crippen molar-refractivity contribution in [1.82, 2.24) is 14.1 Å². The molecule has 0 amide bonds. The number of benzene rings is 1. The van der Waals surface area contributed by atoms with Gasteiger partial charge in [-0.3, -0.25) is 14.2 Å². The van der Waals surface area contributed by atoms with Gasteiger partial charge < -0.3 is 9.30 Å². The number of methoxy groups -OCH3 is 1. The standard InChI is InChI=1S/C23H23N3O3/c1-25-18-11-7-6-10-17(18)20(27)19-22(25)24-21(14-12-16(13-14)29-2)26(23(19)28)15-8-4-3-5-9-15/h3-4,6-8,10-11,14,16H,5,9,12-13H2,1-2H3. The van der Waals surface area contributed by atoms with Gasteiger partial charge in [0, 0.05) is 31.2 Å². The van der Waals surface area contributed by atoms with Crippen molar-refractivity contribution in [3.05, 3.63) is 68.9 Å². The predicted octanol–water partition coefficient (Wildman–Crippen LogP) is 3.33. The van der Waals surface area contributed by atoms with E-state index >= 15 is 0 Å². The minimum Gasteiger partial charge on any atom is -0.381 e. The Hall–Kier alpha value is -2.99. The molecule has 2 aliphatic rings. The minimum absolute atomic E-state index is 0.144. The van der Waals surface area contributed by atoms with Crippen LogP contribution in [0.5, 0.6) is 0 Å². The lowest BCUT2D eigenvalue weighted by molar-refractivity contribution is 0.0231. The van der Waals surface area contributed by atoms with E-state index in [4.69, 9.17) is 9.72 Å². The Morgan fingerprint density at radius 2 is 1.97 bits per heavy atom. The van der Waals surface area contributed by atoms with Crippen molar-refractivity contribution in [2.45, 2.75) is 37.7 Å². The van der Waals surface area contributed by atoms with Gasteiger partial charge in [-0.15, -0.1) is 0 Å². The summed E-state index contributed by atoms with van der Waals surface area (Å²) in [5, 5.41) is 0.703. The average Bonchev–Trinajstić information content (AvgIpc) is 2.71. The number of nitrogens with zero attached hydrogens (tertiary/aromatic N) is 3. The van der Waals surface area contributed by atoms with Crippen LogP contribution in [0.1, 0.15) is 37.4 Å². The van der Waals surface area contributed by atoms with E-state index in [1.165, 1.54) is 0 Å². The number of hydrogen-bond donors (Lipinski definition) is 0. The van der Waals surface area contributed by atoms with Crippen LogP contribution in [0.3, 0.4) is 0 Å². The molecule has 0 saturated heterocycles. The summed E-state index contributed by atoms with van der Waals surface area (Å²) in [6, 6.07) is 7.38. The number of aromatic nitrogens is 3. The first-order chi connectivity index (χ1) is 14.1. The zero-order chi connectivity index (χ0) is 20.1. The molecule has 0 atom stereocenters. The van der Waals surface area contributed by atoms with Gasteiger partial charge in [-0.25, -0.2) is 4.98 Å². The first-order valence-electron chi connectivity index (χ1n) is 10.0. The number of hydrogen-bond acceptors (Lipinski definition) is 4. The van der Waals surface area contributed by atoms with Crippen LogP contribution in [0.4, 0.5) is 0 Å². The highest BCUT2D eigenvalue weighted by molar-refractivity contribution is 5.91. The second-order valence-corrected chi connectivity index (χ2v) is 7.87. The number of rotatable bonds is 3. The Labute approximate surface area is 167 Å². The maximum absolute atomic E-state index is 13.7. The van der Waals surface area contributed by atoms with Crippen LogP contribution in [-0.4, -0.2) is 27.3 Å². The largest absolute Gasteiger partial charge is 0.381 e. The first kappa shape index (κ1) is 18.1. The molecule has 1 fully saturated rings. The number of aryl methyl sites for hydroxylation is 1. The van der Waals surface area contributed by atoms with Crippen molar-refractivity contribution in [3.63, 3.8) is 0 Å². The van der Waals surface area contributed by atoms with Crippen LogP contribution in [-0.2, 0) is 11.8 Å². The molecule has 29 heavy (non-hydrogen) atoms. The lowest BCUT2D eigenvalue weighted by Crippen LogP contribution is -2.36. The van der Waals surface area contributed by atoms with Crippen molar-refractivity contribution in [1.29, 1.82) is 0 Å². The fraction of sp³-hybridized carbons (Fsp3) is 0.348. The zero-order valence-electron chi connectivity index (χ0n) is 16.6. The summed E-state index contributed by atoms with van der Waals surface area (Å²) in [7, 11) is 3.58. The van der Waals surface area contributed by atoms with Crippen molar-refractivity contribution in [2.24, 2.45) is 7.05 Å². The molecule has 3 aromatic rings. The lowest BCUT2D eigenvalue weighted by Gasteiger charge is -2.35. The molecule has 0 radical (unpaired) electrons. The Bertz CT molecular complexity index is 1310.